The van der Waals surface area contributed by atoms with Crippen LogP contribution in [0.1, 0.15) is 104 Å². The number of carbonyl (C=O) groups excluding carboxylic acids is 1. The maximum Gasteiger partial charge on any atom is 0.304 e. The van der Waals surface area contributed by atoms with Gasteiger partial charge in [0.1, 0.15) is 0 Å². The third kappa shape index (κ3) is 17.7. The first-order chi connectivity index (χ1) is 10.2. The smallest absolute Gasteiger partial charge is 0.304 e. The third-order valence-electron chi connectivity index (χ3n) is 3.83. The van der Waals surface area contributed by atoms with Crippen LogP contribution in [0.2, 0.25) is 0 Å². The molecule has 126 valence electrons. The van der Waals surface area contributed by atoms with Gasteiger partial charge in [-0.25, -0.2) is 0 Å². The lowest BCUT2D eigenvalue weighted by Crippen LogP contribution is -2.09. The average Bonchev–Trinajstić information content (AvgIpc) is 2.43. The normalized spacial score (nSPS) is 12.3. The Morgan fingerprint density at radius 1 is 0.810 bits per heavy atom. The number of rotatable bonds is 15. The second-order valence-corrected chi connectivity index (χ2v) is 6.54. The van der Waals surface area contributed by atoms with Gasteiger partial charge in [-0.1, -0.05) is 95.6 Å². The van der Waals surface area contributed by atoms with E-state index in [9.17, 15) is 4.79 Å². The summed E-state index contributed by atoms with van der Waals surface area (Å²) < 4.78 is 4.88. The van der Waals surface area contributed by atoms with Crippen LogP contribution < -0.4 is 0 Å². The minimum atomic E-state index is -0.435. The van der Waals surface area contributed by atoms with E-state index in [1.807, 2.05) is 0 Å². The monoisotopic (exact) mass is 318 g/mol. The molecule has 2 nitrogen and oxygen atoms in total. The first kappa shape index (κ1) is 20.8. The molecule has 0 heterocycles. The van der Waals surface area contributed by atoms with Crippen LogP contribution in [0.5, 0.6) is 0 Å². The summed E-state index contributed by atoms with van der Waals surface area (Å²) in [5, 5.41) is 0. The standard InChI is InChI=1S/C18H35ClO2/c1-3-4-5-6-7-8-9-10-11-12-13-14-15-16-18(19)21-17(2)20/h18H,3-16H2,1-2H3. The number of hydrogen-bond acceptors (Lipinski definition) is 2. The Kier molecular flexibility index (Phi) is 16.0. The molecule has 0 fully saturated rings. The van der Waals surface area contributed by atoms with E-state index in [-0.39, 0.29) is 5.97 Å². The van der Waals surface area contributed by atoms with Crippen molar-refractivity contribution < 1.29 is 9.53 Å². The van der Waals surface area contributed by atoms with Gasteiger partial charge in [-0.2, -0.15) is 0 Å². The highest BCUT2D eigenvalue weighted by Gasteiger charge is 2.06. The molecule has 0 aliphatic carbocycles. The Morgan fingerprint density at radius 2 is 1.19 bits per heavy atom. The average molecular weight is 319 g/mol. The molecular formula is C18H35ClO2. The molecule has 21 heavy (non-hydrogen) atoms. The lowest BCUT2D eigenvalue weighted by atomic mass is 10.0. The predicted molar refractivity (Wildman–Crippen MR) is 91.7 cm³/mol. The molecule has 0 aliphatic rings. The molecule has 0 aromatic rings. The summed E-state index contributed by atoms with van der Waals surface area (Å²) in [6, 6.07) is 0. The fourth-order valence-electron chi connectivity index (χ4n) is 2.56. The van der Waals surface area contributed by atoms with Crippen molar-refractivity contribution in [3.05, 3.63) is 0 Å². The van der Waals surface area contributed by atoms with Crippen LogP contribution >= 0.6 is 11.6 Å². The predicted octanol–water partition coefficient (Wildman–Crippen LogP) is 6.60. The first-order valence-corrected chi connectivity index (χ1v) is 9.41. The largest absolute Gasteiger partial charge is 0.446 e. The van der Waals surface area contributed by atoms with Gasteiger partial charge < -0.3 is 4.74 Å². The molecule has 0 radical (unpaired) electrons. The van der Waals surface area contributed by atoms with Crippen LogP contribution in [0.3, 0.4) is 0 Å². The van der Waals surface area contributed by atoms with E-state index in [0.29, 0.717) is 0 Å². The van der Waals surface area contributed by atoms with Gasteiger partial charge in [-0.3, -0.25) is 4.79 Å². The first-order valence-electron chi connectivity index (χ1n) is 8.98. The summed E-state index contributed by atoms with van der Waals surface area (Å²) in [6.45, 7) is 3.67. The Balaban J connectivity index is 3.07. The molecule has 0 N–H and O–H groups in total. The van der Waals surface area contributed by atoms with Crippen molar-refractivity contribution in [2.24, 2.45) is 0 Å². The van der Waals surface area contributed by atoms with Crippen molar-refractivity contribution in [1.29, 1.82) is 0 Å². The number of ether oxygens (including phenoxy) is 1. The molecular weight excluding hydrogens is 284 g/mol. The zero-order valence-electron chi connectivity index (χ0n) is 14.2. The highest BCUT2D eigenvalue weighted by Crippen LogP contribution is 2.15. The van der Waals surface area contributed by atoms with Gasteiger partial charge in [0, 0.05) is 6.92 Å². The quantitative estimate of drug-likeness (QED) is 0.193. The SMILES string of the molecule is CCCCCCCCCCCCCCCC(Cl)OC(C)=O. The maximum absolute atomic E-state index is 10.7. The molecule has 0 saturated heterocycles. The van der Waals surface area contributed by atoms with Crippen LogP contribution in [0, 0.1) is 0 Å². The van der Waals surface area contributed by atoms with E-state index in [1.165, 1.54) is 84.0 Å². The van der Waals surface area contributed by atoms with Gasteiger partial charge in [0.05, 0.1) is 0 Å². The Morgan fingerprint density at radius 3 is 1.57 bits per heavy atom. The van der Waals surface area contributed by atoms with Gasteiger partial charge in [0.2, 0.25) is 0 Å². The minimum Gasteiger partial charge on any atom is -0.446 e. The van der Waals surface area contributed by atoms with Gasteiger partial charge in [-0.05, 0) is 12.8 Å². The molecule has 0 aliphatic heterocycles. The van der Waals surface area contributed by atoms with Gasteiger partial charge in [0.25, 0.3) is 0 Å². The topological polar surface area (TPSA) is 26.3 Å². The van der Waals surface area contributed by atoms with E-state index in [2.05, 4.69) is 6.92 Å². The second-order valence-electron chi connectivity index (χ2n) is 6.05. The van der Waals surface area contributed by atoms with Crippen LogP contribution in [0.25, 0.3) is 0 Å². The summed E-state index contributed by atoms with van der Waals surface area (Å²) in [6.07, 6.45) is 18.2. The maximum atomic E-state index is 10.7. The summed E-state index contributed by atoms with van der Waals surface area (Å²) >= 11 is 5.88. The van der Waals surface area contributed by atoms with E-state index in [4.69, 9.17) is 16.3 Å². The molecule has 0 spiro atoms. The van der Waals surface area contributed by atoms with E-state index >= 15 is 0 Å². The highest BCUT2D eigenvalue weighted by molar-refractivity contribution is 6.20. The van der Waals surface area contributed by atoms with Crippen LogP contribution in [0.15, 0.2) is 0 Å². The number of carbonyl (C=O) groups is 1. The summed E-state index contributed by atoms with van der Waals surface area (Å²) in [5.74, 6) is -0.287. The van der Waals surface area contributed by atoms with E-state index < -0.39 is 5.56 Å². The van der Waals surface area contributed by atoms with Gasteiger partial charge >= 0.3 is 5.97 Å². The second kappa shape index (κ2) is 16.1. The molecule has 0 amide bonds. The van der Waals surface area contributed by atoms with Crippen molar-refractivity contribution in [2.45, 2.75) is 109 Å². The molecule has 0 rings (SSSR count). The molecule has 3 heteroatoms. The number of alkyl halides is 1. The zero-order chi connectivity index (χ0) is 15.8. The summed E-state index contributed by atoms with van der Waals surface area (Å²) in [5.41, 5.74) is -0.435. The number of esters is 1. The third-order valence-corrected chi connectivity index (χ3v) is 4.14. The van der Waals surface area contributed by atoms with E-state index in [0.717, 1.165) is 12.8 Å². The molecule has 0 bridgehead atoms. The minimum absolute atomic E-state index is 0.287. The fourth-order valence-corrected chi connectivity index (χ4v) is 2.84. The lowest BCUT2D eigenvalue weighted by Gasteiger charge is -2.09. The molecule has 0 aromatic carbocycles. The number of hydrogen-bond donors (Lipinski definition) is 0. The van der Waals surface area contributed by atoms with E-state index in [1.54, 1.807) is 0 Å². The van der Waals surface area contributed by atoms with Crippen molar-refractivity contribution in [1.82, 2.24) is 0 Å². The fraction of sp³-hybridized carbons (Fsp3) is 0.944. The van der Waals surface area contributed by atoms with Crippen LogP contribution in [-0.4, -0.2) is 11.5 Å². The molecule has 0 saturated carbocycles. The van der Waals surface area contributed by atoms with Crippen LogP contribution in [0.4, 0.5) is 0 Å². The molecule has 1 atom stereocenters. The van der Waals surface area contributed by atoms with Crippen molar-refractivity contribution in [2.75, 3.05) is 0 Å². The summed E-state index contributed by atoms with van der Waals surface area (Å²) in [7, 11) is 0. The highest BCUT2D eigenvalue weighted by atomic mass is 35.5. The zero-order valence-corrected chi connectivity index (χ0v) is 14.9. The Hall–Kier alpha value is -0.240. The van der Waals surface area contributed by atoms with Crippen molar-refractivity contribution in [3.63, 3.8) is 0 Å². The number of halogens is 1. The molecule has 0 aromatic heterocycles. The van der Waals surface area contributed by atoms with Crippen molar-refractivity contribution >= 4 is 17.6 Å². The Bertz CT molecular complexity index is 231. The van der Waals surface area contributed by atoms with Crippen molar-refractivity contribution in [3.8, 4) is 0 Å². The van der Waals surface area contributed by atoms with Gasteiger partial charge in [-0.15, -0.1) is 0 Å². The van der Waals surface area contributed by atoms with Gasteiger partial charge in [0.15, 0.2) is 5.56 Å². The Labute approximate surface area is 137 Å². The lowest BCUT2D eigenvalue weighted by molar-refractivity contribution is -0.142. The summed E-state index contributed by atoms with van der Waals surface area (Å²) in [4.78, 5) is 10.7. The number of unbranched alkanes of at least 4 members (excludes halogenated alkanes) is 12. The van der Waals surface area contributed by atoms with Crippen LogP contribution in [-0.2, 0) is 9.53 Å². The molecule has 1 unspecified atom stereocenters.